The van der Waals surface area contributed by atoms with Crippen molar-refractivity contribution < 1.29 is 4.59 Å². The van der Waals surface area contributed by atoms with E-state index in [-0.39, 0.29) is 0 Å². The van der Waals surface area contributed by atoms with Crippen LogP contribution in [0.15, 0.2) is 52.5 Å². The van der Waals surface area contributed by atoms with Crippen molar-refractivity contribution in [2.75, 3.05) is 43.4 Å². The zero-order valence-corrected chi connectivity index (χ0v) is 16.9. The van der Waals surface area contributed by atoms with E-state index in [9.17, 15) is 0 Å². The third-order valence-electron chi connectivity index (χ3n) is 4.69. The van der Waals surface area contributed by atoms with Crippen molar-refractivity contribution >= 4 is 29.2 Å². The van der Waals surface area contributed by atoms with Gasteiger partial charge in [0, 0.05) is 22.7 Å². The van der Waals surface area contributed by atoms with Crippen molar-refractivity contribution in [3.05, 3.63) is 48.2 Å². The van der Waals surface area contributed by atoms with Crippen LogP contribution < -0.4 is 16.1 Å². The molecule has 0 spiro atoms. The van der Waals surface area contributed by atoms with Crippen molar-refractivity contribution in [3.8, 4) is 0 Å². The minimum Gasteiger partial charge on any atom is -0.345 e. The number of nitrogens with zero attached hydrogens (tertiary/aromatic N) is 5. The maximum absolute atomic E-state index is 6.23. The molecule has 28 heavy (non-hydrogen) atoms. The number of aryl methyl sites for hydroxylation is 1. The van der Waals surface area contributed by atoms with Crippen molar-refractivity contribution in [2.24, 2.45) is 5.84 Å². The zero-order chi connectivity index (χ0) is 19.6. The molecule has 3 heterocycles. The molecule has 1 saturated heterocycles. The van der Waals surface area contributed by atoms with Crippen LogP contribution in [0.4, 0.5) is 17.5 Å². The highest BCUT2D eigenvalue weighted by Crippen LogP contribution is 2.29. The molecule has 0 aliphatic carbocycles. The molecule has 1 aromatic carbocycles. The van der Waals surface area contributed by atoms with Crippen molar-refractivity contribution in [1.82, 2.24) is 20.2 Å². The second-order valence-corrected chi connectivity index (χ2v) is 8.32. The SMILES string of the molecule is Cc1cc(Nc2cc(N3CC[N+](C)(N)CC3)nc(Sc3ccccc3)n2)n[nH]1. The highest BCUT2D eigenvalue weighted by atomic mass is 32.2. The van der Waals surface area contributed by atoms with Gasteiger partial charge in [-0.1, -0.05) is 18.2 Å². The van der Waals surface area contributed by atoms with Gasteiger partial charge in [0.2, 0.25) is 0 Å². The molecule has 146 valence electrons. The number of aromatic nitrogens is 4. The molecule has 9 heteroatoms. The number of aromatic amines is 1. The third kappa shape index (κ3) is 4.61. The van der Waals surface area contributed by atoms with Gasteiger partial charge in [0.1, 0.15) is 24.7 Å². The molecule has 0 amide bonds. The lowest BCUT2D eigenvalue weighted by Crippen LogP contribution is -2.61. The average Bonchev–Trinajstić information content (AvgIpc) is 3.07. The van der Waals surface area contributed by atoms with Gasteiger partial charge in [-0.2, -0.15) is 10.9 Å². The van der Waals surface area contributed by atoms with E-state index in [1.807, 2.05) is 37.3 Å². The summed E-state index contributed by atoms with van der Waals surface area (Å²) < 4.78 is 0.546. The quantitative estimate of drug-likeness (QED) is 0.346. The van der Waals surface area contributed by atoms with Crippen LogP contribution >= 0.6 is 11.8 Å². The van der Waals surface area contributed by atoms with Gasteiger partial charge in [-0.25, -0.2) is 14.6 Å². The van der Waals surface area contributed by atoms with Crippen LogP contribution in [0.3, 0.4) is 0 Å². The number of H-pyrrole nitrogens is 1. The Morgan fingerprint density at radius 3 is 2.54 bits per heavy atom. The number of hydrogen-bond donors (Lipinski definition) is 3. The largest absolute Gasteiger partial charge is 0.345 e. The topological polar surface area (TPSA) is 95.8 Å². The summed E-state index contributed by atoms with van der Waals surface area (Å²) in [4.78, 5) is 12.9. The third-order valence-corrected chi connectivity index (χ3v) is 5.57. The highest BCUT2D eigenvalue weighted by molar-refractivity contribution is 7.99. The predicted molar refractivity (Wildman–Crippen MR) is 112 cm³/mol. The number of benzene rings is 1. The fraction of sp³-hybridized carbons (Fsp3) is 0.316. The van der Waals surface area contributed by atoms with Gasteiger partial charge in [0.25, 0.3) is 0 Å². The zero-order valence-electron chi connectivity index (χ0n) is 16.1. The summed E-state index contributed by atoms with van der Waals surface area (Å²) in [6.45, 7) is 5.45. The summed E-state index contributed by atoms with van der Waals surface area (Å²) in [5.41, 5.74) is 0.992. The Hall–Kier alpha value is -2.62. The Morgan fingerprint density at radius 2 is 1.86 bits per heavy atom. The Balaban J connectivity index is 1.62. The van der Waals surface area contributed by atoms with E-state index in [2.05, 4.69) is 44.6 Å². The number of quaternary nitrogens is 1. The van der Waals surface area contributed by atoms with Crippen LogP contribution in [0, 0.1) is 6.92 Å². The lowest BCUT2D eigenvalue weighted by molar-refractivity contribution is -0.921. The molecule has 0 bridgehead atoms. The first-order valence-electron chi connectivity index (χ1n) is 9.26. The number of rotatable bonds is 5. The summed E-state index contributed by atoms with van der Waals surface area (Å²) in [6, 6.07) is 14.1. The maximum atomic E-state index is 6.23. The van der Waals surface area contributed by atoms with Crippen LogP contribution in [-0.2, 0) is 0 Å². The molecule has 0 radical (unpaired) electrons. The molecule has 1 fully saturated rings. The van der Waals surface area contributed by atoms with Crippen molar-refractivity contribution in [1.29, 1.82) is 0 Å². The van der Waals surface area contributed by atoms with Gasteiger partial charge < -0.3 is 10.2 Å². The summed E-state index contributed by atoms with van der Waals surface area (Å²) in [6.07, 6.45) is 0. The van der Waals surface area contributed by atoms with Gasteiger partial charge in [0.15, 0.2) is 11.0 Å². The van der Waals surface area contributed by atoms with E-state index in [1.54, 1.807) is 11.8 Å². The molecule has 0 saturated carbocycles. The second-order valence-electron chi connectivity index (χ2n) is 7.28. The molecular weight excluding hydrogens is 372 g/mol. The molecule has 0 unspecified atom stereocenters. The minimum absolute atomic E-state index is 0.546. The van der Waals surface area contributed by atoms with E-state index in [0.717, 1.165) is 54.2 Å². The highest BCUT2D eigenvalue weighted by Gasteiger charge is 2.27. The normalized spacial score (nSPS) is 16.2. The van der Waals surface area contributed by atoms with Crippen LogP contribution in [0.2, 0.25) is 0 Å². The van der Waals surface area contributed by atoms with E-state index >= 15 is 0 Å². The summed E-state index contributed by atoms with van der Waals surface area (Å²) in [5.74, 6) is 8.61. The summed E-state index contributed by atoms with van der Waals surface area (Å²) in [5, 5.41) is 11.2. The molecular formula is C19H25N8S+. The first kappa shape index (κ1) is 18.7. The molecule has 4 rings (SSSR count). The summed E-state index contributed by atoms with van der Waals surface area (Å²) >= 11 is 1.55. The molecule has 1 aliphatic heterocycles. The average molecular weight is 398 g/mol. The lowest BCUT2D eigenvalue weighted by Gasteiger charge is -2.38. The minimum atomic E-state index is 0.546. The second kappa shape index (κ2) is 7.78. The van der Waals surface area contributed by atoms with Crippen LogP contribution in [0.25, 0.3) is 0 Å². The first-order chi connectivity index (χ1) is 13.5. The lowest BCUT2D eigenvalue weighted by atomic mass is 10.3. The standard InChI is InChI=1S/C19H25N8S/c1-14-12-17(25-24-14)21-16-13-18(26-8-10-27(2,20)11-9-26)23-19(22-16)28-15-6-4-3-5-7-15/h3-7,12-13H,8-11,20H2,1-2H3,(H2,21,22,23,24,25)/q+1. The predicted octanol–water partition coefficient (Wildman–Crippen LogP) is 2.54. The van der Waals surface area contributed by atoms with Crippen molar-refractivity contribution in [3.63, 3.8) is 0 Å². The number of nitrogens with two attached hydrogens (primary N) is 1. The fourth-order valence-electron chi connectivity index (χ4n) is 3.04. The van der Waals surface area contributed by atoms with Crippen LogP contribution in [0.5, 0.6) is 0 Å². The molecule has 1 aliphatic rings. The Bertz CT molecular complexity index is 930. The number of likely N-dealkylation sites (N-methyl/N-ethyl adjacent to an activating group) is 1. The van der Waals surface area contributed by atoms with Crippen LogP contribution in [0.1, 0.15) is 5.69 Å². The van der Waals surface area contributed by atoms with Gasteiger partial charge in [-0.15, -0.1) is 0 Å². The molecule has 3 aromatic rings. The Kier molecular flexibility index (Phi) is 5.21. The fourth-order valence-corrected chi connectivity index (χ4v) is 3.83. The molecule has 0 atom stereocenters. The van der Waals surface area contributed by atoms with Gasteiger partial charge >= 0.3 is 0 Å². The van der Waals surface area contributed by atoms with Gasteiger partial charge in [-0.05, 0) is 30.8 Å². The number of piperazine rings is 1. The van der Waals surface area contributed by atoms with E-state index in [0.29, 0.717) is 9.75 Å². The van der Waals surface area contributed by atoms with E-state index in [1.165, 1.54) is 0 Å². The van der Waals surface area contributed by atoms with Crippen LogP contribution in [-0.4, -0.2) is 58.0 Å². The Labute approximate surface area is 168 Å². The van der Waals surface area contributed by atoms with Gasteiger partial charge in [0.05, 0.1) is 20.1 Å². The first-order valence-corrected chi connectivity index (χ1v) is 10.1. The number of anilines is 3. The molecule has 8 nitrogen and oxygen atoms in total. The Morgan fingerprint density at radius 1 is 1.11 bits per heavy atom. The molecule has 2 aromatic heterocycles. The monoisotopic (exact) mass is 397 g/mol. The maximum Gasteiger partial charge on any atom is 0.196 e. The van der Waals surface area contributed by atoms with Crippen molar-refractivity contribution in [2.45, 2.75) is 17.0 Å². The summed E-state index contributed by atoms with van der Waals surface area (Å²) in [7, 11) is 2.06. The number of nitrogens with one attached hydrogen (secondary N) is 2. The van der Waals surface area contributed by atoms with Gasteiger partial charge in [-0.3, -0.25) is 5.10 Å². The van der Waals surface area contributed by atoms with E-state index < -0.39 is 0 Å². The molecule has 4 N–H and O–H groups in total. The number of hydrogen-bond acceptors (Lipinski definition) is 7. The van der Waals surface area contributed by atoms with E-state index in [4.69, 9.17) is 10.8 Å². The smallest absolute Gasteiger partial charge is 0.196 e.